The number of ether oxygens (including phenoxy) is 2. The van der Waals surface area contributed by atoms with Crippen molar-refractivity contribution < 1.29 is 24.2 Å². The summed E-state index contributed by atoms with van der Waals surface area (Å²) in [6.07, 6.45) is 85.9. The van der Waals surface area contributed by atoms with E-state index in [1.165, 1.54) is 366 Å². The molecule has 0 aromatic rings. The zero-order valence-corrected chi connectivity index (χ0v) is 52.3. The van der Waals surface area contributed by atoms with Crippen molar-refractivity contribution in [1.29, 1.82) is 0 Å². The molecule has 5 nitrogen and oxygen atoms in total. The van der Waals surface area contributed by atoms with Gasteiger partial charge in [0.15, 0.2) is 6.10 Å². The molecule has 0 aromatic heterocycles. The molecule has 0 saturated heterocycles. The van der Waals surface area contributed by atoms with Crippen LogP contribution in [0.1, 0.15) is 425 Å². The maximum Gasteiger partial charge on any atom is 0.306 e. The Bertz CT molecular complexity index is 1080. The Morgan fingerprint density at radius 1 is 0.250 bits per heavy atom. The summed E-state index contributed by atoms with van der Waals surface area (Å²) in [4.78, 5) is 24.6. The normalized spacial score (nSPS) is 12.0. The van der Waals surface area contributed by atoms with Gasteiger partial charge in [0.2, 0.25) is 0 Å². The molecule has 0 radical (unpaired) electrons. The maximum atomic E-state index is 12.4. The zero-order chi connectivity index (χ0) is 54.8. The van der Waals surface area contributed by atoms with Gasteiger partial charge in [-0.3, -0.25) is 9.59 Å². The molecule has 1 atom stereocenters. The number of aliphatic hydroxyl groups is 1. The lowest BCUT2D eigenvalue weighted by molar-refractivity contribution is -0.161. The number of carbonyl (C=O) groups is 2. The smallest absolute Gasteiger partial charge is 0.306 e. The standard InChI is InChI=1S/C71H140O5/c1-3-5-7-9-11-13-15-17-19-21-23-25-27-29-31-33-34-35-36-37-38-40-42-44-46-48-50-52-54-56-58-60-62-64-66-71(74)76-69(67-72)68-75-70(73)65-63-61-59-57-55-53-51-49-47-45-43-41-39-32-30-28-26-24-22-20-18-16-14-12-10-8-6-4-2/h69,72H,3-68H2,1-2H3. The van der Waals surface area contributed by atoms with Crippen LogP contribution in [0.2, 0.25) is 0 Å². The highest BCUT2D eigenvalue weighted by atomic mass is 16.6. The number of hydrogen-bond acceptors (Lipinski definition) is 5. The summed E-state index contributed by atoms with van der Waals surface area (Å²) in [5, 5.41) is 9.70. The predicted molar refractivity (Wildman–Crippen MR) is 335 cm³/mol. The zero-order valence-electron chi connectivity index (χ0n) is 52.3. The molecule has 0 fully saturated rings. The van der Waals surface area contributed by atoms with Crippen molar-refractivity contribution >= 4 is 11.9 Å². The summed E-state index contributed by atoms with van der Waals surface area (Å²) < 4.78 is 10.8. The molecule has 5 heteroatoms. The third kappa shape index (κ3) is 65.4. The summed E-state index contributed by atoms with van der Waals surface area (Å²) in [6.45, 7) is 4.23. The van der Waals surface area contributed by atoms with E-state index in [0.717, 1.165) is 32.1 Å². The number of aliphatic hydroxyl groups excluding tert-OH is 1. The fraction of sp³-hybridized carbons (Fsp3) is 0.972. The summed E-state index contributed by atoms with van der Waals surface area (Å²) in [5.41, 5.74) is 0. The highest BCUT2D eigenvalue weighted by molar-refractivity contribution is 5.70. The highest BCUT2D eigenvalue weighted by Crippen LogP contribution is 2.20. The van der Waals surface area contributed by atoms with Crippen molar-refractivity contribution in [1.82, 2.24) is 0 Å². The number of esters is 2. The van der Waals surface area contributed by atoms with E-state index in [9.17, 15) is 14.7 Å². The summed E-state index contributed by atoms with van der Waals surface area (Å²) in [7, 11) is 0. The van der Waals surface area contributed by atoms with Gasteiger partial charge in [-0.25, -0.2) is 0 Å². The average molecular weight is 1070 g/mol. The van der Waals surface area contributed by atoms with Crippen molar-refractivity contribution in [2.45, 2.75) is 431 Å². The van der Waals surface area contributed by atoms with E-state index in [0.29, 0.717) is 12.8 Å². The summed E-state index contributed by atoms with van der Waals surface area (Å²) >= 11 is 0. The van der Waals surface area contributed by atoms with Crippen LogP contribution in [0.4, 0.5) is 0 Å². The molecule has 0 aromatic carbocycles. The van der Waals surface area contributed by atoms with E-state index in [1.807, 2.05) is 0 Å². The number of carbonyl (C=O) groups excluding carboxylic acids is 2. The van der Waals surface area contributed by atoms with Crippen LogP contribution in [-0.4, -0.2) is 36.4 Å². The van der Waals surface area contributed by atoms with Crippen LogP contribution >= 0.6 is 0 Å². The van der Waals surface area contributed by atoms with E-state index in [4.69, 9.17) is 9.47 Å². The van der Waals surface area contributed by atoms with Crippen molar-refractivity contribution in [3.63, 3.8) is 0 Å². The molecule has 76 heavy (non-hydrogen) atoms. The molecule has 1 N–H and O–H groups in total. The van der Waals surface area contributed by atoms with E-state index in [1.54, 1.807) is 0 Å². The molecule has 0 amide bonds. The fourth-order valence-electron chi connectivity index (χ4n) is 11.6. The van der Waals surface area contributed by atoms with Crippen molar-refractivity contribution in [2.75, 3.05) is 13.2 Å². The molecule has 0 aliphatic carbocycles. The van der Waals surface area contributed by atoms with Crippen LogP contribution in [0.25, 0.3) is 0 Å². The minimum absolute atomic E-state index is 0.0553. The van der Waals surface area contributed by atoms with Crippen LogP contribution in [0.3, 0.4) is 0 Å². The Balaban J connectivity index is 3.34. The molecule has 1 unspecified atom stereocenters. The second kappa shape index (κ2) is 68.2. The molecule has 0 bridgehead atoms. The third-order valence-electron chi connectivity index (χ3n) is 16.9. The number of hydrogen-bond donors (Lipinski definition) is 1. The van der Waals surface area contributed by atoms with Crippen LogP contribution in [0.5, 0.6) is 0 Å². The Hall–Kier alpha value is -1.10. The molecular formula is C71H140O5. The van der Waals surface area contributed by atoms with E-state index in [2.05, 4.69) is 13.8 Å². The van der Waals surface area contributed by atoms with Gasteiger partial charge in [0, 0.05) is 12.8 Å². The second-order valence-corrected chi connectivity index (χ2v) is 24.7. The minimum Gasteiger partial charge on any atom is -0.462 e. The van der Waals surface area contributed by atoms with Gasteiger partial charge in [-0.05, 0) is 12.8 Å². The molecule has 454 valence electrons. The van der Waals surface area contributed by atoms with Crippen molar-refractivity contribution in [3.8, 4) is 0 Å². The van der Waals surface area contributed by atoms with Crippen LogP contribution in [0.15, 0.2) is 0 Å². The van der Waals surface area contributed by atoms with E-state index < -0.39 is 6.10 Å². The predicted octanol–water partition coefficient (Wildman–Crippen LogP) is 24.4. The molecule has 0 heterocycles. The third-order valence-corrected chi connectivity index (χ3v) is 16.9. The Morgan fingerprint density at radius 2 is 0.408 bits per heavy atom. The SMILES string of the molecule is CCCCCCCCCCCCCCCCCCCCCCCCCCCCCCCCCCCCC(=O)OC(CO)COC(=O)CCCCCCCCCCCCCCCCCCCCCCCCCCCCCC. The molecule has 0 rings (SSSR count). The summed E-state index contributed by atoms with van der Waals surface area (Å²) in [6, 6.07) is 0. The molecule has 0 aliphatic rings. The monoisotopic (exact) mass is 1070 g/mol. The van der Waals surface area contributed by atoms with E-state index >= 15 is 0 Å². The Morgan fingerprint density at radius 3 is 0.579 bits per heavy atom. The average Bonchev–Trinajstić information content (AvgIpc) is 3.42. The quantitative estimate of drug-likeness (QED) is 0.0485. The second-order valence-electron chi connectivity index (χ2n) is 24.7. The lowest BCUT2D eigenvalue weighted by atomic mass is 10.0. The fourth-order valence-corrected chi connectivity index (χ4v) is 11.6. The van der Waals surface area contributed by atoms with Gasteiger partial charge in [-0.15, -0.1) is 0 Å². The first-order chi connectivity index (χ1) is 37.6. The van der Waals surface area contributed by atoms with Gasteiger partial charge >= 0.3 is 11.9 Å². The lowest BCUT2D eigenvalue weighted by Crippen LogP contribution is -2.28. The van der Waals surface area contributed by atoms with Gasteiger partial charge < -0.3 is 14.6 Å². The van der Waals surface area contributed by atoms with Gasteiger partial charge in [0.05, 0.1) is 6.61 Å². The van der Waals surface area contributed by atoms with Crippen LogP contribution in [-0.2, 0) is 19.1 Å². The van der Waals surface area contributed by atoms with Crippen molar-refractivity contribution in [2.24, 2.45) is 0 Å². The maximum absolute atomic E-state index is 12.4. The minimum atomic E-state index is -0.766. The van der Waals surface area contributed by atoms with Crippen molar-refractivity contribution in [3.05, 3.63) is 0 Å². The van der Waals surface area contributed by atoms with Gasteiger partial charge in [0.1, 0.15) is 6.61 Å². The molecule has 0 saturated carbocycles. The summed E-state index contributed by atoms with van der Waals surface area (Å²) in [5.74, 6) is -0.558. The van der Waals surface area contributed by atoms with Gasteiger partial charge in [0.25, 0.3) is 0 Å². The Labute approximate surface area is 478 Å². The topological polar surface area (TPSA) is 72.8 Å². The first kappa shape index (κ1) is 74.9. The van der Waals surface area contributed by atoms with Crippen LogP contribution < -0.4 is 0 Å². The van der Waals surface area contributed by atoms with Gasteiger partial charge in [-0.2, -0.15) is 0 Å². The molecular weight excluding hydrogens is 933 g/mol. The van der Waals surface area contributed by atoms with Gasteiger partial charge in [-0.1, -0.05) is 399 Å². The van der Waals surface area contributed by atoms with E-state index in [-0.39, 0.29) is 25.2 Å². The molecule has 0 spiro atoms. The Kier molecular flexibility index (Phi) is 67.2. The number of rotatable bonds is 68. The largest absolute Gasteiger partial charge is 0.462 e. The first-order valence-electron chi connectivity index (χ1n) is 35.6. The molecule has 0 aliphatic heterocycles. The lowest BCUT2D eigenvalue weighted by Gasteiger charge is -2.15. The highest BCUT2D eigenvalue weighted by Gasteiger charge is 2.16. The number of unbranched alkanes of at least 4 members (excludes halogenated alkanes) is 60. The van der Waals surface area contributed by atoms with Crippen LogP contribution in [0, 0.1) is 0 Å². The first-order valence-corrected chi connectivity index (χ1v) is 35.6.